The first-order valence-corrected chi connectivity index (χ1v) is 10.1. The Kier molecular flexibility index (Phi) is 8.38. The summed E-state index contributed by atoms with van der Waals surface area (Å²) in [6.45, 7) is 3.54. The number of rotatable bonds is 4. The fourth-order valence-corrected chi connectivity index (χ4v) is 3.35. The van der Waals surface area contributed by atoms with E-state index < -0.39 is 11.9 Å². The van der Waals surface area contributed by atoms with Crippen LogP contribution in [-0.2, 0) is 9.47 Å². The van der Waals surface area contributed by atoms with Gasteiger partial charge >= 0.3 is 11.9 Å². The van der Waals surface area contributed by atoms with Crippen molar-refractivity contribution in [2.24, 2.45) is 0 Å². The summed E-state index contributed by atoms with van der Waals surface area (Å²) >= 11 is 11.6. The molecule has 1 saturated carbocycles. The molecule has 2 aromatic rings. The van der Waals surface area contributed by atoms with Crippen LogP contribution in [0.15, 0.2) is 24.3 Å². The van der Waals surface area contributed by atoms with E-state index in [9.17, 15) is 14.7 Å². The van der Waals surface area contributed by atoms with E-state index in [1.165, 1.54) is 26.7 Å². The Labute approximate surface area is 185 Å². The number of hydrogen-bond donors (Lipinski definition) is 1. The van der Waals surface area contributed by atoms with Crippen LogP contribution in [0, 0.1) is 13.8 Å². The van der Waals surface area contributed by atoms with Crippen LogP contribution in [0.25, 0.3) is 0 Å². The van der Waals surface area contributed by atoms with E-state index in [-0.39, 0.29) is 17.4 Å². The number of carbonyl (C=O) groups is 2. The molecule has 0 saturated heterocycles. The largest absolute Gasteiger partial charge is 0.507 e. The zero-order valence-electron chi connectivity index (χ0n) is 17.3. The standard InChI is InChI=1S/C13H15ClO3.C9H9ClO3/c1-8-6-9(14)7-11(13(15)16-2)12(8)17-10-4-3-5-10;1-5-3-6(10)4-7(8(5)11)9(12)13-2/h6-7,10H,3-5H2,1-2H3;3-4,11H,1-2H3. The molecule has 1 fully saturated rings. The van der Waals surface area contributed by atoms with Gasteiger partial charge in [0, 0.05) is 10.0 Å². The van der Waals surface area contributed by atoms with Crippen molar-refractivity contribution >= 4 is 35.1 Å². The van der Waals surface area contributed by atoms with Gasteiger partial charge in [0.15, 0.2) is 0 Å². The highest BCUT2D eigenvalue weighted by Gasteiger charge is 2.24. The number of phenols is 1. The third kappa shape index (κ3) is 5.80. The summed E-state index contributed by atoms with van der Waals surface area (Å²) in [4.78, 5) is 22.8. The Morgan fingerprint density at radius 1 is 0.900 bits per heavy atom. The number of hydrogen-bond acceptors (Lipinski definition) is 6. The van der Waals surface area contributed by atoms with Gasteiger partial charge in [-0.1, -0.05) is 23.2 Å². The van der Waals surface area contributed by atoms with Crippen LogP contribution < -0.4 is 4.74 Å². The molecule has 1 N–H and O–H groups in total. The van der Waals surface area contributed by atoms with Crippen LogP contribution in [0.2, 0.25) is 10.0 Å². The molecule has 8 heteroatoms. The van der Waals surface area contributed by atoms with Crippen LogP contribution in [0.4, 0.5) is 0 Å². The quantitative estimate of drug-likeness (QED) is 0.613. The van der Waals surface area contributed by atoms with E-state index >= 15 is 0 Å². The van der Waals surface area contributed by atoms with E-state index in [4.69, 9.17) is 32.7 Å². The van der Waals surface area contributed by atoms with E-state index in [2.05, 4.69) is 4.74 Å². The molecule has 0 heterocycles. The molecule has 0 radical (unpaired) electrons. The molecule has 1 aliphatic rings. The summed E-state index contributed by atoms with van der Waals surface area (Å²) in [7, 11) is 2.60. The summed E-state index contributed by atoms with van der Waals surface area (Å²) in [5, 5.41) is 10.4. The van der Waals surface area contributed by atoms with Crippen LogP contribution in [0.1, 0.15) is 51.1 Å². The van der Waals surface area contributed by atoms with Crippen molar-refractivity contribution in [2.45, 2.75) is 39.2 Å². The Morgan fingerprint density at radius 3 is 1.90 bits per heavy atom. The number of benzene rings is 2. The Bertz CT molecular complexity index is 938. The minimum absolute atomic E-state index is 0.0868. The van der Waals surface area contributed by atoms with E-state index in [1.807, 2.05) is 6.92 Å². The first-order valence-electron chi connectivity index (χ1n) is 9.30. The van der Waals surface area contributed by atoms with Gasteiger partial charge in [-0.15, -0.1) is 0 Å². The lowest BCUT2D eigenvalue weighted by molar-refractivity contribution is 0.0579. The summed E-state index contributed by atoms with van der Waals surface area (Å²) in [5.41, 5.74) is 1.91. The smallest absolute Gasteiger partial charge is 0.341 e. The molecule has 1 aliphatic carbocycles. The monoisotopic (exact) mass is 454 g/mol. The molecule has 0 unspecified atom stereocenters. The van der Waals surface area contributed by atoms with Gasteiger partial charge in [0.1, 0.15) is 22.6 Å². The SMILES string of the molecule is COC(=O)c1cc(Cl)cc(C)c1O.COC(=O)c1cc(Cl)cc(C)c1OC1CCC1. The zero-order valence-corrected chi connectivity index (χ0v) is 18.8. The zero-order chi connectivity index (χ0) is 22.4. The molecule has 0 spiro atoms. The Balaban J connectivity index is 0.000000222. The number of halogens is 2. The van der Waals surface area contributed by atoms with Gasteiger partial charge < -0.3 is 19.3 Å². The number of carbonyl (C=O) groups excluding carboxylic acids is 2. The molecule has 2 aromatic carbocycles. The van der Waals surface area contributed by atoms with Gasteiger partial charge in [-0.3, -0.25) is 0 Å². The maximum Gasteiger partial charge on any atom is 0.341 e. The molecular formula is C22H24Cl2O6. The average Bonchev–Trinajstić information content (AvgIpc) is 2.67. The van der Waals surface area contributed by atoms with Crippen molar-refractivity contribution in [2.75, 3.05) is 14.2 Å². The predicted octanol–water partition coefficient (Wildman–Crippen LogP) is 5.51. The molecule has 3 rings (SSSR count). The molecule has 0 aliphatic heterocycles. The first-order chi connectivity index (χ1) is 14.2. The third-order valence-electron chi connectivity index (χ3n) is 4.65. The van der Waals surface area contributed by atoms with Crippen molar-refractivity contribution in [3.05, 3.63) is 56.6 Å². The molecule has 0 bridgehead atoms. The summed E-state index contributed by atoms with van der Waals surface area (Å²) in [6.07, 6.45) is 3.49. The van der Waals surface area contributed by atoms with Crippen LogP contribution in [0.5, 0.6) is 11.5 Å². The molecular weight excluding hydrogens is 431 g/mol. The number of aryl methyl sites for hydroxylation is 2. The highest BCUT2D eigenvalue weighted by molar-refractivity contribution is 6.31. The second-order valence-electron chi connectivity index (χ2n) is 6.87. The van der Waals surface area contributed by atoms with E-state index in [1.54, 1.807) is 25.1 Å². The minimum atomic E-state index is -0.594. The molecule has 6 nitrogen and oxygen atoms in total. The fraction of sp³-hybridized carbons (Fsp3) is 0.364. The normalized spacial score (nSPS) is 12.9. The fourth-order valence-electron chi connectivity index (χ4n) is 2.80. The highest BCUT2D eigenvalue weighted by atomic mass is 35.5. The lowest BCUT2D eigenvalue weighted by Gasteiger charge is -2.28. The van der Waals surface area contributed by atoms with Gasteiger partial charge in [0.2, 0.25) is 0 Å². The predicted molar refractivity (Wildman–Crippen MR) is 115 cm³/mol. The maximum absolute atomic E-state index is 11.7. The lowest BCUT2D eigenvalue weighted by atomic mass is 9.96. The molecule has 162 valence electrons. The van der Waals surface area contributed by atoms with E-state index in [0.29, 0.717) is 26.9 Å². The Morgan fingerprint density at radius 2 is 1.40 bits per heavy atom. The van der Waals surface area contributed by atoms with Crippen molar-refractivity contribution in [3.63, 3.8) is 0 Å². The van der Waals surface area contributed by atoms with Crippen LogP contribution in [0.3, 0.4) is 0 Å². The summed E-state index contributed by atoms with van der Waals surface area (Å²) in [5.74, 6) is -0.491. The van der Waals surface area contributed by atoms with Crippen LogP contribution >= 0.6 is 23.2 Å². The van der Waals surface area contributed by atoms with Crippen LogP contribution in [-0.4, -0.2) is 37.4 Å². The van der Waals surface area contributed by atoms with Crippen molar-refractivity contribution in [3.8, 4) is 11.5 Å². The summed E-state index contributed by atoms with van der Waals surface area (Å²) in [6, 6.07) is 6.33. The van der Waals surface area contributed by atoms with Crippen molar-refractivity contribution in [1.29, 1.82) is 0 Å². The highest BCUT2D eigenvalue weighted by Crippen LogP contribution is 2.33. The van der Waals surface area contributed by atoms with E-state index in [0.717, 1.165) is 18.4 Å². The second-order valence-corrected chi connectivity index (χ2v) is 7.75. The summed E-state index contributed by atoms with van der Waals surface area (Å²) < 4.78 is 15.0. The molecule has 0 atom stereocenters. The van der Waals surface area contributed by atoms with Crippen molar-refractivity contribution < 1.29 is 28.9 Å². The van der Waals surface area contributed by atoms with Gasteiger partial charge in [0.05, 0.1) is 20.3 Å². The molecule has 0 aromatic heterocycles. The topological polar surface area (TPSA) is 82.1 Å². The molecule has 30 heavy (non-hydrogen) atoms. The number of esters is 2. The number of aromatic hydroxyl groups is 1. The average molecular weight is 455 g/mol. The van der Waals surface area contributed by atoms with Crippen molar-refractivity contribution in [1.82, 2.24) is 0 Å². The minimum Gasteiger partial charge on any atom is -0.507 e. The maximum atomic E-state index is 11.7. The number of methoxy groups -OCH3 is 2. The van der Waals surface area contributed by atoms with Gasteiger partial charge in [0.25, 0.3) is 0 Å². The lowest BCUT2D eigenvalue weighted by Crippen LogP contribution is -2.26. The van der Waals surface area contributed by atoms with Gasteiger partial charge in [-0.2, -0.15) is 0 Å². The van der Waals surface area contributed by atoms with Gasteiger partial charge in [-0.05, 0) is 68.5 Å². The second kappa shape index (κ2) is 10.5. The number of phenolic OH excluding ortho intramolecular Hbond substituents is 1. The van der Waals surface area contributed by atoms with Gasteiger partial charge in [-0.25, -0.2) is 9.59 Å². The first kappa shape index (κ1) is 23.8. The molecule has 0 amide bonds. The number of ether oxygens (including phenoxy) is 3. The Hall–Kier alpha value is -2.44. The third-order valence-corrected chi connectivity index (χ3v) is 5.09.